The molecule has 0 aliphatic rings. The number of benzene rings is 2. The van der Waals surface area contributed by atoms with Crippen molar-refractivity contribution in [2.45, 2.75) is 71.5 Å². The zero-order valence-corrected chi connectivity index (χ0v) is 30.9. The van der Waals surface area contributed by atoms with E-state index in [0.29, 0.717) is 51.7 Å². The molecular weight excluding hydrogens is 654 g/mol. The third-order valence-electron chi connectivity index (χ3n) is 7.79. The van der Waals surface area contributed by atoms with Gasteiger partial charge in [-0.25, -0.2) is 17.1 Å². The summed E-state index contributed by atoms with van der Waals surface area (Å²) in [4.78, 5) is 4.49. The number of aromatic nitrogens is 2. The Morgan fingerprint density at radius 3 is 2.33 bits per heavy atom. The van der Waals surface area contributed by atoms with Crippen molar-refractivity contribution in [3.63, 3.8) is 0 Å². The Balaban J connectivity index is 1.73. The van der Waals surface area contributed by atoms with Crippen molar-refractivity contribution in [3.8, 4) is 22.6 Å². The van der Waals surface area contributed by atoms with E-state index >= 15 is 0 Å². The lowest BCUT2D eigenvalue weighted by molar-refractivity contribution is 0.107. The zero-order chi connectivity index (χ0) is 35.1. The molecule has 0 saturated heterocycles. The highest BCUT2D eigenvalue weighted by Crippen LogP contribution is 2.36. The topological polar surface area (TPSA) is 113 Å². The fourth-order valence-electron chi connectivity index (χ4n) is 5.09. The van der Waals surface area contributed by atoms with Crippen LogP contribution in [0.1, 0.15) is 33.8 Å². The maximum absolute atomic E-state index is 14.5. The van der Waals surface area contributed by atoms with Gasteiger partial charge in [0.1, 0.15) is 20.0 Å². The van der Waals surface area contributed by atoms with Crippen LogP contribution in [0.15, 0.2) is 57.9 Å². The summed E-state index contributed by atoms with van der Waals surface area (Å²) in [7, 11) is -4.08. The van der Waals surface area contributed by atoms with Gasteiger partial charge in [-0.1, -0.05) is 55.1 Å². The maximum Gasteiger partial charge on any atom is 0.269 e. The molecule has 13 heteroatoms. The SMILES string of the molecule is COc1c(OCc2ccc(-c3ccccc3S(=O)(=O)N(COCC[Si](C)(C)C)c3onc(C)c3C)c(COCCF)c2)cc(C)nc1C. The molecule has 0 radical (unpaired) electrons. The van der Waals surface area contributed by atoms with Crippen LogP contribution in [-0.2, 0) is 32.7 Å². The standard InChI is InChI=1S/C35H46FN3O7SSi/c1-24-19-32(34(42-5)27(4)37-24)45-21-28-13-14-30(29(20-28)22-43-16-15-36)31-11-9-10-12-33(31)47(40,41)39(23-44-17-18-48(6,7)8)35-25(2)26(3)38-46-35/h9-14,19-20H,15-18,21-23H2,1-8H3. The van der Waals surface area contributed by atoms with Gasteiger partial charge >= 0.3 is 0 Å². The van der Waals surface area contributed by atoms with Crippen molar-refractivity contribution in [1.82, 2.24) is 10.1 Å². The molecule has 0 fully saturated rings. The lowest BCUT2D eigenvalue weighted by Gasteiger charge is -2.25. The van der Waals surface area contributed by atoms with Crippen molar-refractivity contribution in [1.29, 1.82) is 0 Å². The first-order chi connectivity index (χ1) is 22.8. The summed E-state index contributed by atoms with van der Waals surface area (Å²) in [6.45, 7) is 13.6. The molecular formula is C35H46FN3O7SSi. The number of aryl methyl sites for hydroxylation is 3. The highest BCUT2D eigenvalue weighted by atomic mass is 32.2. The third-order valence-corrected chi connectivity index (χ3v) is 11.3. The van der Waals surface area contributed by atoms with Gasteiger partial charge in [-0.15, -0.1) is 0 Å². The molecule has 0 N–H and O–H groups in total. The van der Waals surface area contributed by atoms with Crippen LogP contribution in [-0.4, -0.2) is 60.4 Å². The molecule has 2 aromatic heterocycles. The number of hydrogen-bond acceptors (Lipinski definition) is 9. The summed E-state index contributed by atoms with van der Waals surface area (Å²) < 4.78 is 72.1. The van der Waals surface area contributed by atoms with E-state index in [1.165, 1.54) is 0 Å². The molecule has 0 atom stereocenters. The summed E-state index contributed by atoms with van der Waals surface area (Å²) in [6.07, 6.45) is 0. The zero-order valence-electron chi connectivity index (χ0n) is 29.1. The first-order valence-corrected chi connectivity index (χ1v) is 20.9. The van der Waals surface area contributed by atoms with Gasteiger partial charge in [-0.3, -0.25) is 4.98 Å². The van der Waals surface area contributed by atoms with Crippen LogP contribution < -0.4 is 13.8 Å². The Kier molecular flexibility index (Phi) is 12.4. The number of sulfonamides is 1. The van der Waals surface area contributed by atoms with Crippen LogP contribution in [0.5, 0.6) is 11.5 Å². The van der Waals surface area contributed by atoms with E-state index in [4.69, 9.17) is 23.5 Å². The van der Waals surface area contributed by atoms with Crippen molar-refractivity contribution in [3.05, 3.63) is 82.3 Å². The number of anilines is 1. The Hall–Kier alpha value is -3.78. The number of nitrogens with zero attached hydrogens (tertiary/aromatic N) is 3. The number of ether oxygens (including phenoxy) is 4. The highest BCUT2D eigenvalue weighted by molar-refractivity contribution is 7.93. The second-order valence-corrected chi connectivity index (χ2v) is 20.3. The van der Waals surface area contributed by atoms with Crippen molar-refractivity contribution in [2.24, 2.45) is 0 Å². The lowest BCUT2D eigenvalue weighted by Crippen LogP contribution is -2.34. The number of alkyl halides is 1. The van der Waals surface area contributed by atoms with Crippen LogP contribution >= 0.6 is 0 Å². The molecule has 260 valence electrons. The normalized spacial score (nSPS) is 11.9. The number of pyridine rings is 1. The van der Waals surface area contributed by atoms with E-state index in [1.807, 2.05) is 38.1 Å². The predicted molar refractivity (Wildman–Crippen MR) is 187 cm³/mol. The lowest BCUT2D eigenvalue weighted by atomic mass is 9.98. The first-order valence-electron chi connectivity index (χ1n) is 15.8. The van der Waals surface area contributed by atoms with Gasteiger partial charge in [0, 0.05) is 37.6 Å². The van der Waals surface area contributed by atoms with E-state index in [2.05, 4.69) is 29.8 Å². The smallest absolute Gasteiger partial charge is 0.269 e. The minimum Gasteiger partial charge on any atom is -0.491 e. The summed E-state index contributed by atoms with van der Waals surface area (Å²) in [5, 5.41) is 4.02. The first kappa shape index (κ1) is 37.0. The molecule has 10 nitrogen and oxygen atoms in total. The number of methoxy groups -OCH3 is 1. The molecule has 48 heavy (non-hydrogen) atoms. The summed E-state index contributed by atoms with van der Waals surface area (Å²) in [6, 6.07) is 15.0. The second kappa shape index (κ2) is 16.1. The van der Waals surface area contributed by atoms with Gasteiger partial charge in [0.05, 0.1) is 36.6 Å². The van der Waals surface area contributed by atoms with Crippen LogP contribution in [0.2, 0.25) is 25.7 Å². The average Bonchev–Trinajstić information content (AvgIpc) is 3.36. The van der Waals surface area contributed by atoms with E-state index in [-0.39, 0.29) is 37.3 Å². The highest BCUT2D eigenvalue weighted by Gasteiger charge is 2.33. The van der Waals surface area contributed by atoms with Crippen molar-refractivity contribution in [2.75, 3.05) is 38.0 Å². The van der Waals surface area contributed by atoms with Gasteiger partial charge in [-0.2, -0.15) is 0 Å². The van der Waals surface area contributed by atoms with Gasteiger partial charge in [0.2, 0.25) is 5.88 Å². The van der Waals surface area contributed by atoms with E-state index < -0.39 is 24.8 Å². The van der Waals surface area contributed by atoms with Gasteiger partial charge in [-0.05, 0) is 62.6 Å². The summed E-state index contributed by atoms with van der Waals surface area (Å²) in [5.74, 6) is 1.21. The molecule has 0 saturated carbocycles. The van der Waals surface area contributed by atoms with Crippen LogP contribution in [0.4, 0.5) is 10.3 Å². The van der Waals surface area contributed by atoms with E-state index in [9.17, 15) is 12.8 Å². The van der Waals surface area contributed by atoms with Gasteiger partial charge < -0.3 is 23.5 Å². The van der Waals surface area contributed by atoms with Crippen molar-refractivity contribution >= 4 is 24.0 Å². The largest absolute Gasteiger partial charge is 0.491 e. The number of hydrogen-bond donors (Lipinski definition) is 0. The minimum atomic E-state index is -4.23. The molecule has 0 spiro atoms. The van der Waals surface area contributed by atoms with E-state index in [1.54, 1.807) is 45.2 Å². The van der Waals surface area contributed by atoms with Crippen LogP contribution in [0.3, 0.4) is 0 Å². The second-order valence-electron chi connectivity index (χ2n) is 12.8. The maximum atomic E-state index is 14.5. The molecule has 0 unspecified atom stereocenters. The monoisotopic (exact) mass is 699 g/mol. The molecule has 2 heterocycles. The van der Waals surface area contributed by atoms with Crippen LogP contribution in [0.25, 0.3) is 11.1 Å². The van der Waals surface area contributed by atoms with Gasteiger partial charge in [0.15, 0.2) is 11.5 Å². The number of rotatable bonds is 17. The molecule has 2 aromatic carbocycles. The minimum absolute atomic E-state index is 0.0514. The molecule has 0 bridgehead atoms. The molecule has 4 aromatic rings. The molecule has 0 amide bonds. The molecule has 4 rings (SSSR count). The quantitative estimate of drug-likeness (QED) is 0.0626. The predicted octanol–water partition coefficient (Wildman–Crippen LogP) is 7.55. The average molecular weight is 700 g/mol. The Morgan fingerprint density at radius 1 is 0.917 bits per heavy atom. The molecule has 0 aliphatic heterocycles. The van der Waals surface area contributed by atoms with Crippen molar-refractivity contribution < 1.29 is 36.3 Å². The van der Waals surface area contributed by atoms with E-state index in [0.717, 1.165) is 21.6 Å². The summed E-state index contributed by atoms with van der Waals surface area (Å²) in [5.41, 5.74) is 5.24. The van der Waals surface area contributed by atoms with Crippen LogP contribution in [0, 0.1) is 27.7 Å². The Bertz CT molecular complexity index is 1810. The van der Waals surface area contributed by atoms with Gasteiger partial charge in [0.25, 0.3) is 10.0 Å². The Morgan fingerprint density at radius 2 is 1.67 bits per heavy atom. The number of halogens is 1. The Labute approximate surface area is 284 Å². The summed E-state index contributed by atoms with van der Waals surface area (Å²) >= 11 is 0. The fraction of sp³-hybridized carbons (Fsp3) is 0.429. The fourth-order valence-corrected chi connectivity index (χ4v) is 7.39. The third kappa shape index (κ3) is 9.01. The molecule has 0 aliphatic carbocycles.